The van der Waals surface area contributed by atoms with E-state index in [2.05, 4.69) is 6.92 Å². The van der Waals surface area contributed by atoms with Gasteiger partial charge in [-0.3, -0.25) is 4.79 Å². The Morgan fingerprint density at radius 1 is 1.53 bits per heavy atom. The lowest BCUT2D eigenvalue weighted by Crippen LogP contribution is -2.32. The molecule has 0 radical (unpaired) electrons. The minimum absolute atomic E-state index is 0.117. The normalized spacial score (nSPS) is 26.5. The molecule has 0 spiro atoms. The van der Waals surface area contributed by atoms with Crippen LogP contribution in [0.15, 0.2) is 23.0 Å². The van der Waals surface area contributed by atoms with Gasteiger partial charge in [0.05, 0.1) is 17.1 Å². The van der Waals surface area contributed by atoms with E-state index >= 15 is 0 Å². The molecule has 2 nitrogen and oxygen atoms in total. The summed E-state index contributed by atoms with van der Waals surface area (Å²) in [6.45, 7) is 2.15. The van der Waals surface area contributed by atoms with Crippen LogP contribution < -0.4 is 0 Å². The largest absolute Gasteiger partial charge is 0.472 e. The van der Waals surface area contributed by atoms with Crippen LogP contribution in [-0.4, -0.2) is 27.8 Å². The summed E-state index contributed by atoms with van der Waals surface area (Å²) >= 11 is 3.71. The van der Waals surface area contributed by atoms with Crippen LogP contribution in [0, 0.1) is 0 Å². The molecule has 2 atom stereocenters. The Morgan fingerprint density at radius 2 is 2.33 bits per heavy atom. The number of carbonyl (C=O) groups excluding carboxylic acids is 1. The molecule has 2 heterocycles. The zero-order valence-corrected chi connectivity index (χ0v) is 10.3. The number of thioether (sulfide) groups is 2. The summed E-state index contributed by atoms with van der Waals surface area (Å²) in [5, 5.41) is 0.581. The van der Waals surface area contributed by atoms with E-state index in [0.717, 1.165) is 12.2 Å². The SMILES string of the molecule is CCC1SCCSC1C(=O)c1ccoc1. The molecule has 1 fully saturated rings. The Bertz CT molecular complexity index is 321. The molecule has 1 aliphatic heterocycles. The first-order valence-electron chi connectivity index (χ1n) is 5.12. The molecule has 4 heteroatoms. The number of ketones is 1. The quantitative estimate of drug-likeness (QED) is 0.762. The average Bonchev–Trinajstić information content (AvgIpc) is 2.81. The van der Waals surface area contributed by atoms with Crippen molar-refractivity contribution >= 4 is 29.3 Å². The van der Waals surface area contributed by atoms with E-state index in [0.29, 0.717) is 10.8 Å². The molecule has 1 aliphatic rings. The summed E-state index contributed by atoms with van der Waals surface area (Å²) in [5.74, 6) is 2.47. The van der Waals surface area contributed by atoms with E-state index in [-0.39, 0.29) is 11.0 Å². The highest BCUT2D eigenvalue weighted by Crippen LogP contribution is 2.35. The van der Waals surface area contributed by atoms with Crippen molar-refractivity contribution in [3.8, 4) is 0 Å². The summed E-state index contributed by atoms with van der Waals surface area (Å²) in [7, 11) is 0. The third-order valence-electron chi connectivity index (χ3n) is 2.52. The van der Waals surface area contributed by atoms with Crippen LogP contribution in [-0.2, 0) is 0 Å². The summed E-state index contributed by atoms with van der Waals surface area (Å²) in [4.78, 5) is 12.1. The lowest BCUT2D eigenvalue weighted by molar-refractivity contribution is 0.0987. The maximum absolute atomic E-state index is 12.1. The lowest BCUT2D eigenvalue weighted by atomic mass is 10.1. The van der Waals surface area contributed by atoms with Crippen LogP contribution in [0.5, 0.6) is 0 Å². The van der Waals surface area contributed by atoms with Crippen molar-refractivity contribution in [2.75, 3.05) is 11.5 Å². The highest BCUT2D eigenvalue weighted by Gasteiger charge is 2.31. The van der Waals surface area contributed by atoms with Crippen LogP contribution in [0.4, 0.5) is 0 Å². The van der Waals surface area contributed by atoms with E-state index in [1.54, 1.807) is 30.4 Å². The highest BCUT2D eigenvalue weighted by molar-refractivity contribution is 8.07. The van der Waals surface area contributed by atoms with Crippen molar-refractivity contribution in [1.29, 1.82) is 0 Å². The van der Waals surface area contributed by atoms with Gasteiger partial charge >= 0.3 is 0 Å². The molecule has 1 aromatic rings. The fourth-order valence-corrected chi connectivity index (χ4v) is 4.74. The lowest BCUT2D eigenvalue weighted by Gasteiger charge is -2.28. The smallest absolute Gasteiger partial charge is 0.180 e. The molecule has 2 rings (SSSR count). The summed E-state index contributed by atoms with van der Waals surface area (Å²) in [5.41, 5.74) is 0.716. The first kappa shape index (κ1) is 11.1. The standard InChI is InChI=1S/C11H14O2S2/c1-2-9-11(15-6-5-14-9)10(12)8-3-4-13-7-8/h3-4,7,9,11H,2,5-6H2,1H3. The van der Waals surface area contributed by atoms with Gasteiger partial charge in [-0.1, -0.05) is 6.92 Å². The van der Waals surface area contributed by atoms with Crippen molar-refractivity contribution in [1.82, 2.24) is 0 Å². The van der Waals surface area contributed by atoms with Crippen LogP contribution in [0.3, 0.4) is 0 Å². The molecule has 2 unspecified atom stereocenters. The third kappa shape index (κ3) is 2.42. The second kappa shape index (κ2) is 5.12. The zero-order valence-electron chi connectivity index (χ0n) is 8.64. The second-order valence-electron chi connectivity index (χ2n) is 3.49. The Balaban J connectivity index is 2.11. The topological polar surface area (TPSA) is 30.2 Å². The van der Waals surface area contributed by atoms with Crippen molar-refractivity contribution in [3.63, 3.8) is 0 Å². The molecular formula is C11H14O2S2. The Hall–Kier alpha value is -0.350. The number of carbonyl (C=O) groups is 1. The number of hydrogen-bond acceptors (Lipinski definition) is 4. The van der Waals surface area contributed by atoms with E-state index in [1.165, 1.54) is 5.75 Å². The predicted molar refractivity (Wildman–Crippen MR) is 65.8 cm³/mol. The van der Waals surface area contributed by atoms with Crippen molar-refractivity contribution in [3.05, 3.63) is 24.2 Å². The van der Waals surface area contributed by atoms with Gasteiger partial charge < -0.3 is 4.42 Å². The highest BCUT2D eigenvalue weighted by atomic mass is 32.2. The van der Waals surface area contributed by atoms with Crippen LogP contribution in [0.1, 0.15) is 23.7 Å². The fourth-order valence-electron chi connectivity index (χ4n) is 1.71. The van der Waals surface area contributed by atoms with Gasteiger partial charge in [-0.25, -0.2) is 0 Å². The van der Waals surface area contributed by atoms with Gasteiger partial charge in [0, 0.05) is 16.8 Å². The molecule has 0 aromatic carbocycles. The van der Waals surface area contributed by atoms with Gasteiger partial charge in [0.1, 0.15) is 6.26 Å². The Morgan fingerprint density at radius 3 is 3.00 bits per heavy atom. The van der Waals surface area contributed by atoms with Gasteiger partial charge in [0.25, 0.3) is 0 Å². The molecule has 0 saturated carbocycles. The van der Waals surface area contributed by atoms with Gasteiger partial charge in [0.2, 0.25) is 0 Å². The van der Waals surface area contributed by atoms with Crippen LogP contribution in [0.2, 0.25) is 0 Å². The molecule has 0 amide bonds. The minimum Gasteiger partial charge on any atom is -0.472 e. The average molecular weight is 242 g/mol. The second-order valence-corrected chi connectivity index (χ2v) is 6.08. The first-order valence-corrected chi connectivity index (χ1v) is 7.22. The molecule has 0 bridgehead atoms. The number of Topliss-reactive ketones (excluding diaryl/α,β-unsaturated/α-hetero) is 1. The maximum atomic E-state index is 12.1. The number of rotatable bonds is 3. The number of furan rings is 1. The monoisotopic (exact) mass is 242 g/mol. The molecule has 0 N–H and O–H groups in total. The van der Waals surface area contributed by atoms with E-state index in [1.807, 2.05) is 11.8 Å². The molecule has 0 aliphatic carbocycles. The van der Waals surface area contributed by atoms with E-state index in [4.69, 9.17) is 4.42 Å². The van der Waals surface area contributed by atoms with Crippen LogP contribution >= 0.6 is 23.5 Å². The molecule has 82 valence electrons. The molecular weight excluding hydrogens is 228 g/mol. The van der Waals surface area contributed by atoms with Gasteiger partial charge in [-0.2, -0.15) is 11.8 Å². The summed E-state index contributed by atoms with van der Waals surface area (Å²) in [6, 6.07) is 1.76. The minimum atomic E-state index is 0.117. The number of hydrogen-bond donors (Lipinski definition) is 0. The predicted octanol–water partition coefficient (Wildman–Crippen LogP) is 3.09. The fraction of sp³-hybridized carbons (Fsp3) is 0.545. The summed E-state index contributed by atoms with van der Waals surface area (Å²) in [6.07, 6.45) is 4.18. The maximum Gasteiger partial charge on any atom is 0.180 e. The Kier molecular flexibility index (Phi) is 3.81. The third-order valence-corrected chi connectivity index (χ3v) is 5.76. The molecule has 1 aromatic heterocycles. The Labute approximate surface area is 98.2 Å². The van der Waals surface area contributed by atoms with Crippen molar-refractivity contribution in [2.45, 2.75) is 23.8 Å². The van der Waals surface area contributed by atoms with Gasteiger partial charge in [-0.05, 0) is 12.5 Å². The van der Waals surface area contributed by atoms with Gasteiger partial charge in [-0.15, -0.1) is 11.8 Å². The van der Waals surface area contributed by atoms with E-state index < -0.39 is 0 Å². The molecule has 15 heavy (non-hydrogen) atoms. The van der Waals surface area contributed by atoms with Crippen molar-refractivity contribution < 1.29 is 9.21 Å². The zero-order chi connectivity index (χ0) is 10.7. The van der Waals surface area contributed by atoms with E-state index in [9.17, 15) is 4.79 Å². The van der Waals surface area contributed by atoms with Crippen molar-refractivity contribution in [2.24, 2.45) is 0 Å². The van der Waals surface area contributed by atoms with Gasteiger partial charge in [0.15, 0.2) is 5.78 Å². The first-order chi connectivity index (χ1) is 7.33. The summed E-state index contributed by atoms with van der Waals surface area (Å²) < 4.78 is 4.96. The molecule has 1 saturated heterocycles. The van der Waals surface area contributed by atoms with Crippen LogP contribution in [0.25, 0.3) is 0 Å².